The predicted octanol–water partition coefficient (Wildman–Crippen LogP) is 3.58. The molecule has 1 aromatic carbocycles. The van der Waals surface area contributed by atoms with Gasteiger partial charge in [0.1, 0.15) is 4.90 Å². The lowest BCUT2D eigenvalue weighted by atomic mass is 9.77. The molecule has 5 nitrogen and oxygen atoms in total. The third-order valence-corrected chi connectivity index (χ3v) is 8.38. The molecular weight excluding hydrogens is 384 g/mol. The van der Waals surface area contributed by atoms with E-state index >= 15 is 0 Å². The van der Waals surface area contributed by atoms with Gasteiger partial charge in [0.05, 0.1) is 10.4 Å². The highest BCUT2D eigenvalue weighted by Gasteiger charge is 2.50. The van der Waals surface area contributed by atoms with Gasteiger partial charge in [0.2, 0.25) is 15.9 Å². The van der Waals surface area contributed by atoms with E-state index in [9.17, 15) is 13.2 Å². The molecule has 2 heterocycles. The molecule has 2 aliphatic heterocycles. The number of benzene rings is 1. The number of allylic oxidation sites excluding steroid dienone is 3. The van der Waals surface area contributed by atoms with Crippen molar-refractivity contribution in [3.63, 3.8) is 0 Å². The Labute approximate surface area is 165 Å². The normalized spacial score (nSPS) is 23.1. The SMILES string of the molecule is O=C1N(C2=CCC=CC2)CCC12CCN(S(=O)(=O)c1ccccc1Cl)CC2. The summed E-state index contributed by atoms with van der Waals surface area (Å²) in [5, 5.41) is 0.234. The molecule has 1 aliphatic carbocycles. The average Bonchev–Trinajstić information content (AvgIpc) is 2.99. The number of likely N-dealkylation sites (tertiary alicyclic amines) is 1. The number of carbonyl (C=O) groups excluding carboxylic acids is 1. The molecule has 2 saturated heterocycles. The molecule has 1 spiro atoms. The number of hydrogen-bond donors (Lipinski definition) is 0. The molecule has 0 unspecified atom stereocenters. The van der Waals surface area contributed by atoms with Crippen molar-refractivity contribution in [2.75, 3.05) is 19.6 Å². The molecule has 0 bridgehead atoms. The van der Waals surface area contributed by atoms with Crippen LogP contribution in [0.1, 0.15) is 32.1 Å². The Hall–Kier alpha value is -1.63. The van der Waals surface area contributed by atoms with Gasteiger partial charge in [-0.05, 0) is 37.8 Å². The molecule has 144 valence electrons. The maximum absolute atomic E-state index is 13.1. The van der Waals surface area contributed by atoms with E-state index < -0.39 is 15.4 Å². The standard InChI is InChI=1S/C20H23ClN2O3S/c21-17-8-4-5-9-18(17)27(25,26)22-13-10-20(11-14-22)12-15-23(19(20)24)16-6-2-1-3-7-16/h1-2,4-5,7-9H,3,6,10-15H2. The number of carbonyl (C=O) groups is 1. The van der Waals surface area contributed by atoms with Crippen LogP contribution in [0.25, 0.3) is 0 Å². The van der Waals surface area contributed by atoms with Crippen LogP contribution in [0, 0.1) is 5.41 Å². The van der Waals surface area contributed by atoms with E-state index in [0.29, 0.717) is 25.9 Å². The van der Waals surface area contributed by atoms with Crippen LogP contribution in [-0.2, 0) is 14.8 Å². The molecule has 0 radical (unpaired) electrons. The maximum atomic E-state index is 13.1. The van der Waals surface area contributed by atoms with Crippen LogP contribution >= 0.6 is 11.6 Å². The van der Waals surface area contributed by atoms with Crippen molar-refractivity contribution in [2.24, 2.45) is 5.41 Å². The first kappa shape index (κ1) is 18.7. The second-order valence-electron chi connectivity index (χ2n) is 7.43. The van der Waals surface area contributed by atoms with Crippen LogP contribution in [-0.4, -0.2) is 43.2 Å². The zero-order chi connectivity index (χ0) is 19.1. The van der Waals surface area contributed by atoms with E-state index in [-0.39, 0.29) is 15.8 Å². The highest BCUT2D eigenvalue weighted by atomic mass is 35.5. The van der Waals surface area contributed by atoms with Gasteiger partial charge in [-0.3, -0.25) is 4.79 Å². The summed E-state index contributed by atoms with van der Waals surface area (Å²) in [6.07, 6.45) is 9.93. The molecule has 1 aromatic rings. The van der Waals surface area contributed by atoms with E-state index in [1.165, 1.54) is 10.4 Å². The molecule has 4 rings (SSSR count). The number of halogens is 1. The van der Waals surface area contributed by atoms with Crippen LogP contribution in [0.4, 0.5) is 0 Å². The maximum Gasteiger partial charge on any atom is 0.244 e. The monoisotopic (exact) mass is 406 g/mol. The Morgan fingerprint density at radius 2 is 1.70 bits per heavy atom. The zero-order valence-corrected chi connectivity index (χ0v) is 16.7. The van der Waals surface area contributed by atoms with Crippen LogP contribution < -0.4 is 0 Å². The van der Waals surface area contributed by atoms with Crippen molar-refractivity contribution in [1.82, 2.24) is 9.21 Å². The number of hydrogen-bond acceptors (Lipinski definition) is 3. The Bertz CT molecular complexity index is 915. The third-order valence-electron chi connectivity index (χ3n) is 5.98. The quantitative estimate of drug-likeness (QED) is 0.721. The first-order chi connectivity index (χ1) is 12.9. The molecule has 7 heteroatoms. The molecule has 1 amide bonds. The summed E-state index contributed by atoms with van der Waals surface area (Å²) in [7, 11) is -3.63. The van der Waals surface area contributed by atoms with Crippen molar-refractivity contribution < 1.29 is 13.2 Å². The van der Waals surface area contributed by atoms with Gasteiger partial charge in [-0.25, -0.2) is 8.42 Å². The predicted molar refractivity (Wildman–Crippen MR) is 105 cm³/mol. The van der Waals surface area contributed by atoms with E-state index in [1.807, 2.05) is 4.90 Å². The number of piperidine rings is 1. The van der Waals surface area contributed by atoms with E-state index in [4.69, 9.17) is 11.6 Å². The van der Waals surface area contributed by atoms with Gasteiger partial charge >= 0.3 is 0 Å². The van der Waals surface area contributed by atoms with Crippen LogP contribution in [0.15, 0.2) is 53.1 Å². The van der Waals surface area contributed by atoms with Crippen LogP contribution in [0.3, 0.4) is 0 Å². The second-order valence-corrected chi connectivity index (χ2v) is 9.74. The fraction of sp³-hybridized carbons (Fsp3) is 0.450. The molecule has 0 atom stereocenters. The Morgan fingerprint density at radius 1 is 1.00 bits per heavy atom. The fourth-order valence-electron chi connectivity index (χ4n) is 4.31. The van der Waals surface area contributed by atoms with Gasteiger partial charge in [0.25, 0.3) is 0 Å². The second kappa shape index (κ2) is 7.08. The summed E-state index contributed by atoms with van der Waals surface area (Å²) < 4.78 is 27.3. The first-order valence-corrected chi connectivity index (χ1v) is 11.2. The fourth-order valence-corrected chi connectivity index (χ4v) is 6.25. The molecule has 0 saturated carbocycles. The van der Waals surface area contributed by atoms with E-state index in [1.54, 1.807) is 18.2 Å². The van der Waals surface area contributed by atoms with Crippen molar-refractivity contribution in [3.05, 3.63) is 53.2 Å². The summed E-state index contributed by atoms with van der Waals surface area (Å²) in [4.78, 5) is 15.2. The number of sulfonamides is 1. The third kappa shape index (κ3) is 3.24. The zero-order valence-electron chi connectivity index (χ0n) is 15.1. The van der Waals surface area contributed by atoms with Gasteiger partial charge in [-0.2, -0.15) is 4.31 Å². The summed E-state index contributed by atoms with van der Waals surface area (Å²) in [5.41, 5.74) is 0.666. The van der Waals surface area contributed by atoms with Crippen LogP contribution in [0.2, 0.25) is 5.02 Å². The van der Waals surface area contributed by atoms with Gasteiger partial charge in [-0.15, -0.1) is 0 Å². The molecule has 3 aliphatic rings. The Kier molecular flexibility index (Phi) is 4.91. The van der Waals surface area contributed by atoms with Gasteiger partial charge < -0.3 is 4.90 Å². The average molecular weight is 407 g/mol. The highest BCUT2D eigenvalue weighted by molar-refractivity contribution is 7.89. The summed E-state index contributed by atoms with van der Waals surface area (Å²) in [5.74, 6) is 0.166. The smallest absolute Gasteiger partial charge is 0.244 e. The largest absolute Gasteiger partial charge is 0.316 e. The lowest BCUT2D eigenvalue weighted by molar-refractivity contribution is -0.136. The minimum Gasteiger partial charge on any atom is -0.316 e. The number of amides is 1. The molecule has 27 heavy (non-hydrogen) atoms. The molecule has 0 aromatic heterocycles. The highest BCUT2D eigenvalue weighted by Crippen LogP contribution is 2.44. The van der Waals surface area contributed by atoms with Crippen molar-refractivity contribution in [2.45, 2.75) is 37.0 Å². The number of rotatable bonds is 3. The van der Waals surface area contributed by atoms with Gasteiger partial charge in [0, 0.05) is 31.8 Å². The van der Waals surface area contributed by atoms with Gasteiger partial charge in [-0.1, -0.05) is 42.0 Å². The minimum absolute atomic E-state index is 0.140. The van der Waals surface area contributed by atoms with Crippen molar-refractivity contribution in [3.8, 4) is 0 Å². The molecule has 2 fully saturated rings. The van der Waals surface area contributed by atoms with Crippen LogP contribution in [0.5, 0.6) is 0 Å². The Balaban J connectivity index is 1.48. The lowest BCUT2D eigenvalue weighted by Gasteiger charge is -2.37. The van der Waals surface area contributed by atoms with Gasteiger partial charge in [0.15, 0.2) is 0 Å². The molecule has 0 N–H and O–H groups in total. The summed E-state index contributed by atoms with van der Waals surface area (Å²) in [6, 6.07) is 6.51. The van der Waals surface area contributed by atoms with Crippen molar-refractivity contribution >= 4 is 27.5 Å². The van der Waals surface area contributed by atoms with Crippen molar-refractivity contribution in [1.29, 1.82) is 0 Å². The molecular formula is C20H23ClN2O3S. The summed E-state index contributed by atoms with van der Waals surface area (Å²) >= 11 is 6.10. The van der Waals surface area contributed by atoms with E-state index in [0.717, 1.165) is 31.5 Å². The van der Waals surface area contributed by atoms with E-state index in [2.05, 4.69) is 18.2 Å². The first-order valence-electron chi connectivity index (χ1n) is 9.35. The minimum atomic E-state index is -3.63. The number of nitrogens with zero attached hydrogens (tertiary/aromatic N) is 2. The Morgan fingerprint density at radius 3 is 2.37 bits per heavy atom. The summed E-state index contributed by atoms with van der Waals surface area (Å²) in [6.45, 7) is 1.44. The lowest BCUT2D eigenvalue weighted by Crippen LogP contribution is -2.46. The topological polar surface area (TPSA) is 57.7 Å².